The molecular weight excluding hydrogens is 362 g/mol. The Morgan fingerprint density at radius 3 is 2.61 bits per heavy atom. The predicted octanol–water partition coefficient (Wildman–Crippen LogP) is 1.96. The van der Waals surface area contributed by atoms with Crippen LogP contribution < -0.4 is 20.9 Å². The highest BCUT2D eigenvalue weighted by molar-refractivity contribution is 5.96. The molecule has 1 aromatic heterocycles. The average Bonchev–Trinajstić information content (AvgIpc) is 2.68. The van der Waals surface area contributed by atoms with E-state index in [1.54, 1.807) is 49.4 Å². The van der Waals surface area contributed by atoms with E-state index in [4.69, 9.17) is 4.74 Å². The Balaban J connectivity index is 1.90. The minimum Gasteiger partial charge on any atom is -0.495 e. The molecule has 0 radical (unpaired) electrons. The quantitative estimate of drug-likeness (QED) is 0.698. The number of methoxy groups -OCH3 is 1. The largest absolute Gasteiger partial charge is 0.495 e. The highest BCUT2D eigenvalue weighted by Crippen LogP contribution is 2.28. The summed E-state index contributed by atoms with van der Waals surface area (Å²) in [5, 5.41) is 13.6. The summed E-state index contributed by atoms with van der Waals surface area (Å²) in [6.45, 7) is 2.93. The van der Waals surface area contributed by atoms with Gasteiger partial charge in [0.2, 0.25) is 11.8 Å². The molecule has 28 heavy (non-hydrogen) atoms. The van der Waals surface area contributed by atoms with Crippen molar-refractivity contribution in [1.29, 1.82) is 0 Å². The first-order chi connectivity index (χ1) is 13.4. The normalized spacial score (nSPS) is 11.7. The lowest BCUT2D eigenvalue weighted by Gasteiger charge is -2.16. The number of benzene rings is 2. The average molecular weight is 381 g/mol. The van der Waals surface area contributed by atoms with Crippen molar-refractivity contribution in [2.45, 2.75) is 19.9 Å². The highest BCUT2D eigenvalue weighted by atomic mass is 16.5. The van der Waals surface area contributed by atoms with Crippen LogP contribution in [0.5, 0.6) is 5.75 Å². The Kier molecular flexibility index (Phi) is 5.35. The van der Waals surface area contributed by atoms with Gasteiger partial charge in [0.1, 0.15) is 17.3 Å². The Hall–Kier alpha value is -3.75. The van der Waals surface area contributed by atoms with E-state index in [1.165, 1.54) is 14.0 Å². The highest BCUT2D eigenvalue weighted by Gasteiger charge is 2.20. The van der Waals surface area contributed by atoms with Crippen molar-refractivity contribution >= 4 is 34.1 Å². The molecule has 0 saturated heterocycles. The number of carbonyl (C=O) groups is 2. The molecule has 9 nitrogen and oxygen atoms in total. The molecule has 0 aliphatic heterocycles. The van der Waals surface area contributed by atoms with Crippen molar-refractivity contribution in [1.82, 2.24) is 15.0 Å². The van der Waals surface area contributed by atoms with Crippen molar-refractivity contribution in [3.05, 3.63) is 52.8 Å². The van der Waals surface area contributed by atoms with Gasteiger partial charge in [-0.3, -0.25) is 14.4 Å². The Labute approximate surface area is 160 Å². The van der Waals surface area contributed by atoms with Crippen LogP contribution in [0.15, 0.2) is 47.3 Å². The van der Waals surface area contributed by atoms with Gasteiger partial charge in [0.05, 0.1) is 18.2 Å². The first-order valence-corrected chi connectivity index (χ1v) is 8.51. The van der Waals surface area contributed by atoms with Crippen LogP contribution in [-0.2, 0) is 9.59 Å². The Bertz CT molecular complexity index is 1110. The fourth-order valence-electron chi connectivity index (χ4n) is 2.69. The van der Waals surface area contributed by atoms with E-state index in [0.717, 1.165) is 4.68 Å². The minimum absolute atomic E-state index is 0.242. The lowest BCUT2D eigenvalue weighted by atomic mass is 10.2. The topological polar surface area (TPSA) is 115 Å². The Morgan fingerprint density at radius 2 is 1.89 bits per heavy atom. The maximum absolute atomic E-state index is 12.7. The molecule has 0 aliphatic carbocycles. The molecule has 3 rings (SSSR count). The van der Waals surface area contributed by atoms with Crippen LogP contribution in [0.1, 0.15) is 19.9 Å². The van der Waals surface area contributed by atoms with E-state index in [9.17, 15) is 14.4 Å². The second-order valence-corrected chi connectivity index (χ2v) is 6.12. The fraction of sp³-hybridized carbons (Fsp3) is 0.211. The summed E-state index contributed by atoms with van der Waals surface area (Å²) in [5.74, 6) is -0.314. The number of carbonyl (C=O) groups excluding carboxylic acids is 2. The summed E-state index contributed by atoms with van der Waals surface area (Å²) in [7, 11) is 1.46. The Morgan fingerprint density at radius 1 is 1.14 bits per heavy atom. The van der Waals surface area contributed by atoms with Gasteiger partial charge in [0, 0.05) is 12.6 Å². The molecule has 3 aromatic rings. The number of hydrogen-bond donors (Lipinski definition) is 2. The zero-order chi connectivity index (χ0) is 20.3. The van der Waals surface area contributed by atoms with Crippen LogP contribution in [0.2, 0.25) is 0 Å². The number of nitrogens with one attached hydrogen (secondary N) is 2. The van der Waals surface area contributed by atoms with Gasteiger partial charge in [-0.1, -0.05) is 17.3 Å². The number of hydrogen-bond acceptors (Lipinski definition) is 6. The summed E-state index contributed by atoms with van der Waals surface area (Å²) < 4.78 is 6.28. The summed E-state index contributed by atoms with van der Waals surface area (Å²) in [4.78, 5) is 36.6. The molecule has 0 aliphatic rings. The van der Waals surface area contributed by atoms with Crippen LogP contribution in [-0.4, -0.2) is 33.9 Å². The van der Waals surface area contributed by atoms with Crippen LogP contribution in [0.3, 0.4) is 0 Å². The molecule has 1 heterocycles. The number of amides is 2. The molecule has 144 valence electrons. The molecule has 0 saturated carbocycles. The number of ether oxygens (including phenoxy) is 1. The van der Waals surface area contributed by atoms with E-state index < -0.39 is 17.5 Å². The maximum Gasteiger partial charge on any atom is 0.278 e. The predicted molar refractivity (Wildman–Crippen MR) is 104 cm³/mol. The standard InChI is InChI=1S/C19H19N5O4/c1-11(24-19(27)14-6-4-5-7-15(14)22-23-24)18(26)21-16-10-13(20-12(2)25)8-9-17(16)28-3/h4-11H,1-3H3,(H,20,25)(H,21,26)/t11-/m1/s1. The number of anilines is 2. The second-order valence-electron chi connectivity index (χ2n) is 6.12. The van der Waals surface area contributed by atoms with E-state index in [2.05, 4.69) is 20.9 Å². The van der Waals surface area contributed by atoms with Crippen molar-refractivity contribution in [3.63, 3.8) is 0 Å². The van der Waals surface area contributed by atoms with Gasteiger partial charge < -0.3 is 15.4 Å². The van der Waals surface area contributed by atoms with Gasteiger partial charge in [0.15, 0.2) is 0 Å². The molecule has 2 N–H and O–H groups in total. The minimum atomic E-state index is -0.918. The summed E-state index contributed by atoms with van der Waals surface area (Å²) in [6, 6.07) is 10.7. The monoisotopic (exact) mass is 381 g/mol. The van der Waals surface area contributed by atoms with Crippen LogP contribution in [0.4, 0.5) is 11.4 Å². The first kappa shape index (κ1) is 19.0. The van der Waals surface area contributed by atoms with Crippen LogP contribution in [0, 0.1) is 0 Å². The summed E-state index contributed by atoms with van der Waals surface area (Å²) >= 11 is 0. The maximum atomic E-state index is 12.7. The lowest BCUT2D eigenvalue weighted by molar-refractivity contribution is -0.119. The third-order valence-corrected chi connectivity index (χ3v) is 4.12. The van der Waals surface area contributed by atoms with E-state index in [1.807, 2.05) is 0 Å². The van der Waals surface area contributed by atoms with Crippen LogP contribution in [0.25, 0.3) is 10.9 Å². The van der Waals surface area contributed by atoms with Gasteiger partial charge in [-0.15, -0.1) is 5.10 Å². The molecule has 0 spiro atoms. The van der Waals surface area contributed by atoms with Crippen molar-refractivity contribution in [3.8, 4) is 5.75 Å². The first-order valence-electron chi connectivity index (χ1n) is 8.51. The van der Waals surface area contributed by atoms with E-state index in [0.29, 0.717) is 28.0 Å². The molecular formula is C19H19N5O4. The van der Waals surface area contributed by atoms with E-state index in [-0.39, 0.29) is 5.91 Å². The fourth-order valence-corrected chi connectivity index (χ4v) is 2.69. The van der Waals surface area contributed by atoms with Crippen molar-refractivity contribution in [2.24, 2.45) is 0 Å². The smallest absolute Gasteiger partial charge is 0.278 e. The van der Waals surface area contributed by atoms with E-state index >= 15 is 0 Å². The third kappa shape index (κ3) is 3.83. The van der Waals surface area contributed by atoms with Gasteiger partial charge in [-0.05, 0) is 37.3 Å². The summed E-state index contributed by atoms with van der Waals surface area (Å²) in [5.41, 5.74) is 0.902. The van der Waals surface area contributed by atoms with Gasteiger partial charge >= 0.3 is 0 Å². The van der Waals surface area contributed by atoms with Crippen LogP contribution >= 0.6 is 0 Å². The second kappa shape index (κ2) is 7.87. The molecule has 2 aromatic carbocycles. The van der Waals surface area contributed by atoms with Crippen molar-refractivity contribution < 1.29 is 14.3 Å². The molecule has 0 unspecified atom stereocenters. The number of rotatable bonds is 5. The van der Waals surface area contributed by atoms with Gasteiger partial charge in [-0.25, -0.2) is 0 Å². The third-order valence-electron chi connectivity index (χ3n) is 4.12. The lowest BCUT2D eigenvalue weighted by Crippen LogP contribution is -2.34. The number of nitrogens with zero attached hydrogens (tertiary/aromatic N) is 3. The zero-order valence-electron chi connectivity index (χ0n) is 15.6. The van der Waals surface area contributed by atoms with Gasteiger partial charge in [-0.2, -0.15) is 4.68 Å². The summed E-state index contributed by atoms with van der Waals surface area (Å²) in [6.07, 6.45) is 0. The SMILES string of the molecule is COc1ccc(NC(C)=O)cc1NC(=O)[C@@H](C)n1nnc2ccccc2c1=O. The molecule has 1 atom stereocenters. The molecule has 0 bridgehead atoms. The van der Waals surface area contributed by atoms with Crippen molar-refractivity contribution in [2.75, 3.05) is 17.7 Å². The molecule has 2 amide bonds. The number of aromatic nitrogens is 3. The molecule has 9 heteroatoms. The molecule has 0 fully saturated rings. The number of fused-ring (bicyclic) bond motifs is 1. The zero-order valence-corrected chi connectivity index (χ0v) is 15.6. The van der Waals surface area contributed by atoms with Gasteiger partial charge in [0.25, 0.3) is 5.56 Å².